The van der Waals surface area contributed by atoms with Gasteiger partial charge in [-0.25, -0.2) is 0 Å². The number of carbonyl (C=O) groups excluding carboxylic acids is 2. The third kappa shape index (κ3) is 4.27. The molecule has 1 N–H and O–H groups in total. The number of rotatable bonds is 3. The largest absolute Gasteiger partial charge is 0.449 e. The van der Waals surface area contributed by atoms with Crippen molar-refractivity contribution in [2.24, 2.45) is 0 Å². The number of carbonyl (C=O) groups is 2. The number of aryl methyl sites for hydroxylation is 1. The highest BCUT2D eigenvalue weighted by Crippen LogP contribution is 2.31. The molecule has 0 saturated carbocycles. The first-order valence-corrected chi connectivity index (χ1v) is 11.5. The van der Waals surface area contributed by atoms with Crippen LogP contribution >= 0.6 is 0 Å². The number of piperazine rings is 1. The van der Waals surface area contributed by atoms with Crippen LogP contribution in [0.1, 0.15) is 28.4 Å². The van der Waals surface area contributed by atoms with Crippen LogP contribution in [-0.4, -0.2) is 42.4 Å². The lowest BCUT2D eigenvalue weighted by molar-refractivity contribution is -0.115. The van der Waals surface area contributed by atoms with E-state index in [1.165, 1.54) is 11.3 Å². The molecule has 34 heavy (non-hydrogen) atoms. The predicted molar refractivity (Wildman–Crippen MR) is 134 cm³/mol. The number of amides is 2. The van der Waals surface area contributed by atoms with E-state index in [4.69, 9.17) is 4.74 Å². The number of hydrogen-bond acceptors (Lipinski definition) is 4. The Kier molecular flexibility index (Phi) is 5.80. The Morgan fingerprint density at radius 3 is 2.50 bits per heavy atom. The van der Waals surface area contributed by atoms with Crippen LogP contribution in [0.15, 0.2) is 78.6 Å². The summed E-state index contributed by atoms with van der Waals surface area (Å²) >= 11 is 0. The summed E-state index contributed by atoms with van der Waals surface area (Å²) in [5.74, 6) is 0.564. The van der Waals surface area contributed by atoms with Crippen LogP contribution in [0.2, 0.25) is 0 Å². The monoisotopic (exact) mass is 453 g/mol. The van der Waals surface area contributed by atoms with E-state index < -0.39 is 0 Å². The number of benzene rings is 3. The van der Waals surface area contributed by atoms with Gasteiger partial charge in [-0.1, -0.05) is 42.5 Å². The van der Waals surface area contributed by atoms with Gasteiger partial charge in [0.1, 0.15) is 0 Å². The van der Waals surface area contributed by atoms with E-state index in [9.17, 15) is 9.59 Å². The predicted octanol–water partition coefficient (Wildman–Crippen LogP) is 4.72. The van der Waals surface area contributed by atoms with Crippen LogP contribution < -0.4 is 15.0 Å². The lowest BCUT2D eigenvalue weighted by Gasteiger charge is -2.41. The fourth-order valence-electron chi connectivity index (χ4n) is 4.54. The SMILES string of the molecule is Cc1ccccc1N1CCN(C(=O)c2ccc(C=C3Oc4ccccc4NC3=O)cc2)C(C)C1. The third-order valence-corrected chi connectivity index (χ3v) is 6.38. The van der Waals surface area contributed by atoms with Gasteiger partial charge in [-0.05, 0) is 61.4 Å². The number of anilines is 2. The van der Waals surface area contributed by atoms with Crippen LogP contribution in [0.4, 0.5) is 11.4 Å². The topological polar surface area (TPSA) is 61.9 Å². The molecule has 3 aromatic rings. The van der Waals surface area contributed by atoms with E-state index in [1.807, 2.05) is 53.4 Å². The van der Waals surface area contributed by atoms with Gasteiger partial charge in [0.15, 0.2) is 11.5 Å². The van der Waals surface area contributed by atoms with Gasteiger partial charge < -0.3 is 19.9 Å². The second-order valence-corrected chi connectivity index (χ2v) is 8.76. The van der Waals surface area contributed by atoms with Crippen LogP contribution in [0.25, 0.3) is 6.08 Å². The van der Waals surface area contributed by atoms with Crippen molar-refractivity contribution >= 4 is 29.3 Å². The van der Waals surface area contributed by atoms with Crippen LogP contribution in [0.5, 0.6) is 5.75 Å². The van der Waals surface area contributed by atoms with Crippen molar-refractivity contribution < 1.29 is 14.3 Å². The van der Waals surface area contributed by atoms with E-state index in [0.29, 0.717) is 23.5 Å². The molecule has 2 aliphatic heterocycles. The molecule has 2 amide bonds. The minimum atomic E-state index is -0.292. The van der Waals surface area contributed by atoms with E-state index in [1.54, 1.807) is 12.1 Å². The van der Waals surface area contributed by atoms with Crippen LogP contribution in [-0.2, 0) is 4.79 Å². The fourth-order valence-corrected chi connectivity index (χ4v) is 4.54. The van der Waals surface area contributed by atoms with E-state index >= 15 is 0 Å². The van der Waals surface area contributed by atoms with Crippen molar-refractivity contribution in [3.63, 3.8) is 0 Å². The molecule has 0 aliphatic carbocycles. The quantitative estimate of drug-likeness (QED) is 0.583. The van der Waals surface area contributed by atoms with Gasteiger partial charge in [0, 0.05) is 36.9 Å². The molecule has 2 aliphatic rings. The van der Waals surface area contributed by atoms with Crippen molar-refractivity contribution in [2.45, 2.75) is 19.9 Å². The molecule has 0 radical (unpaired) electrons. The average molecular weight is 454 g/mol. The molecule has 172 valence electrons. The molecule has 6 heteroatoms. The lowest BCUT2D eigenvalue weighted by Crippen LogP contribution is -2.54. The Bertz CT molecular complexity index is 1270. The Balaban J connectivity index is 1.27. The molecule has 2 heterocycles. The zero-order valence-electron chi connectivity index (χ0n) is 19.3. The maximum atomic E-state index is 13.2. The standard InChI is InChI=1S/C28H27N3O3/c1-19-7-3-5-9-24(19)30-15-16-31(20(2)18-30)28(33)22-13-11-21(12-14-22)17-26-27(32)29-23-8-4-6-10-25(23)34-26/h3-14,17,20H,15-16,18H2,1-2H3,(H,29,32). The van der Waals surface area contributed by atoms with E-state index in [-0.39, 0.29) is 23.6 Å². The molecule has 3 aromatic carbocycles. The van der Waals surface area contributed by atoms with Crippen molar-refractivity contribution in [2.75, 3.05) is 29.9 Å². The number of hydrogen-bond donors (Lipinski definition) is 1. The lowest BCUT2D eigenvalue weighted by atomic mass is 10.1. The van der Waals surface area contributed by atoms with Gasteiger partial charge >= 0.3 is 0 Å². The highest BCUT2D eigenvalue weighted by Gasteiger charge is 2.29. The summed E-state index contributed by atoms with van der Waals surface area (Å²) in [5.41, 5.74) is 4.56. The van der Waals surface area contributed by atoms with Crippen LogP contribution in [0.3, 0.4) is 0 Å². The second-order valence-electron chi connectivity index (χ2n) is 8.76. The minimum absolute atomic E-state index is 0.0247. The summed E-state index contributed by atoms with van der Waals surface area (Å²) in [6.07, 6.45) is 1.68. The maximum absolute atomic E-state index is 13.2. The zero-order chi connectivity index (χ0) is 23.7. The number of fused-ring (bicyclic) bond motifs is 1. The normalized spacial score (nSPS) is 18.8. The maximum Gasteiger partial charge on any atom is 0.291 e. The molecular formula is C28H27N3O3. The highest BCUT2D eigenvalue weighted by molar-refractivity contribution is 6.08. The average Bonchev–Trinajstić information content (AvgIpc) is 2.85. The summed E-state index contributed by atoms with van der Waals surface area (Å²) in [7, 11) is 0. The van der Waals surface area contributed by atoms with Crippen molar-refractivity contribution in [3.8, 4) is 5.75 Å². The molecule has 1 saturated heterocycles. The first kappa shape index (κ1) is 21.8. The van der Waals surface area contributed by atoms with Crippen molar-refractivity contribution in [1.82, 2.24) is 4.90 Å². The smallest absolute Gasteiger partial charge is 0.291 e. The van der Waals surface area contributed by atoms with Gasteiger partial charge in [-0.3, -0.25) is 9.59 Å². The second kappa shape index (κ2) is 9.06. The van der Waals surface area contributed by atoms with Crippen molar-refractivity contribution in [1.29, 1.82) is 0 Å². The van der Waals surface area contributed by atoms with Crippen LogP contribution in [0, 0.1) is 6.92 Å². The minimum Gasteiger partial charge on any atom is -0.449 e. The number of nitrogens with one attached hydrogen (secondary N) is 1. The third-order valence-electron chi connectivity index (χ3n) is 6.38. The molecule has 0 spiro atoms. The summed E-state index contributed by atoms with van der Waals surface area (Å²) in [5, 5.41) is 2.83. The number of nitrogens with zero attached hydrogens (tertiary/aromatic N) is 2. The number of ether oxygens (including phenoxy) is 1. The zero-order valence-corrected chi connectivity index (χ0v) is 19.3. The fraction of sp³-hybridized carbons (Fsp3) is 0.214. The molecule has 1 atom stereocenters. The molecular weight excluding hydrogens is 426 g/mol. The Hall–Kier alpha value is -4.06. The Labute approximate surface area is 199 Å². The summed E-state index contributed by atoms with van der Waals surface area (Å²) in [6.45, 7) is 6.49. The van der Waals surface area contributed by atoms with Gasteiger partial charge in [-0.15, -0.1) is 0 Å². The van der Waals surface area contributed by atoms with Crippen molar-refractivity contribution in [3.05, 3.63) is 95.2 Å². The van der Waals surface area contributed by atoms with E-state index in [0.717, 1.165) is 18.7 Å². The van der Waals surface area contributed by atoms with Gasteiger partial charge in [0.05, 0.1) is 5.69 Å². The molecule has 6 nitrogen and oxygen atoms in total. The van der Waals surface area contributed by atoms with Gasteiger partial charge in [-0.2, -0.15) is 0 Å². The Morgan fingerprint density at radius 2 is 1.74 bits per heavy atom. The molecule has 1 fully saturated rings. The van der Waals surface area contributed by atoms with E-state index in [2.05, 4.69) is 42.3 Å². The first-order chi connectivity index (χ1) is 16.5. The summed E-state index contributed by atoms with van der Waals surface area (Å²) in [6, 6.07) is 23.1. The summed E-state index contributed by atoms with van der Waals surface area (Å²) in [4.78, 5) is 29.9. The molecule has 0 bridgehead atoms. The van der Waals surface area contributed by atoms with Gasteiger partial charge in [0.25, 0.3) is 11.8 Å². The van der Waals surface area contributed by atoms with Gasteiger partial charge in [0.2, 0.25) is 0 Å². The molecule has 5 rings (SSSR count). The summed E-state index contributed by atoms with van der Waals surface area (Å²) < 4.78 is 5.76. The highest BCUT2D eigenvalue weighted by atomic mass is 16.5. The number of para-hydroxylation sites is 3. The molecule has 0 aromatic heterocycles. The Morgan fingerprint density at radius 1 is 1.00 bits per heavy atom. The first-order valence-electron chi connectivity index (χ1n) is 11.5. The molecule has 1 unspecified atom stereocenters.